The molecule has 2 aromatic rings. The Bertz CT molecular complexity index is 753. The molecule has 0 bridgehead atoms. The van der Waals surface area contributed by atoms with Gasteiger partial charge >= 0.3 is 0 Å². The van der Waals surface area contributed by atoms with Gasteiger partial charge in [0.1, 0.15) is 18.3 Å². The molecule has 0 amide bonds. The maximum Gasteiger partial charge on any atom is 0.229 e. The summed E-state index contributed by atoms with van der Waals surface area (Å²) in [6, 6.07) is 7.53. The summed E-state index contributed by atoms with van der Waals surface area (Å²) in [5, 5.41) is 33.6. The number of para-hydroxylation sites is 1. The molecule has 1 aliphatic heterocycles. The van der Waals surface area contributed by atoms with E-state index in [2.05, 4.69) is 20.2 Å². The Balaban J connectivity index is 1.69. The summed E-state index contributed by atoms with van der Waals surface area (Å²) < 4.78 is 5.91. The summed E-state index contributed by atoms with van der Waals surface area (Å²) >= 11 is 0. The molecule has 1 saturated carbocycles. The van der Waals surface area contributed by atoms with E-state index >= 15 is 0 Å². The van der Waals surface area contributed by atoms with E-state index in [1.54, 1.807) is 0 Å². The normalized spacial score (nSPS) is 30.0. The van der Waals surface area contributed by atoms with Crippen molar-refractivity contribution in [1.82, 2.24) is 15.3 Å². The number of fused-ring (bicyclic) bond motifs is 1. The molecule has 2 aliphatic rings. The highest BCUT2D eigenvalue weighted by Crippen LogP contribution is 2.30. The Hall–Kier alpha value is -2.00. The summed E-state index contributed by atoms with van der Waals surface area (Å²) in [5.74, 6) is 0.952. The number of aliphatic hydroxyl groups is 3. The molecule has 1 aromatic carbocycles. The fourth-order valence-electron chi connectivity index (χ4n) is 3.36. The minimum atomic E-state index is -1.20. The zero-order valence-electron chi connectivity index (χ0n) is 13.7. The highest BCUT2D eigenvalue weighted by molar-refractivity contribution is 5.84. The molecule has 4 rings (SSSR count). The van der Waals surface area contributed by atoms with Crippen molar-refractivity contribution in [3.8, 4) is 5.88 Å². The van der Waals surface area contributed by atoms with Gasteiger partial charge in [0.2, 0.25) is 11.8 Å². The summed E-state index contributed by atoms with van der Waals surface area (Å²) in [6.45, 7) is 3.35. The molecule has 134 valence electrons. The molecule has 0 radical (unpaired) electrons. The van der Waals surface area contributed by atoms with Crippen LogP contribution in [0, 0.1) is 0 Å². The third-order valence-corrected chi connectivity index (χ3v) is 4.82. The number of hydrogen-bond acceptors (Lipinski definition) is 8. The molecule has 8 nitrogen and oxygen atoms in total. The average molecular weight is 346 g/mol. The lowest BCUT2D eigenvalue weighted by Gasteiger charge is -2.28. The van der Waals surface area contributed by atoms with Crippen molar-refractivity contribution in [3.05, 3.63) is 24.3 Å². The Labute approximate surface area is 145 Å². The lowest BCUT2D eigenvalue weighted by atomic mass is 10.2. The number of piperazine rings is 1. The Morgan fingerprint density at radius 2 is 1.80 bits per heavy atom. The van der Waals surface area contributed by atoms with Gasteiger partial charge in [0.25, 0.3) is 0 Å². The topological polar surface area (TPSA) is 111 Å². The van der Waals surface area contributed by atoms with Crippen LogP contribution in [0.2, 0.25) is 0 Å². The maximum absolute atomic E-state index is 10.1. The number of rotatable bonds is 3. The van der Waals surface area contributed by atoms with E-state index < -0.39 is 24.4 Å². The number of ether oxygens (including phenoxy) is 1. The second-order valence-corrected chi connectivity index (χ2v) is 6.52. The van der Waals surface area contributed by atoms with Gasteiger partial charge in [-0.3, -0.25) is 0 Å². The molecule has 0 spiro atoms. The van der Waals surface area contributed by atoms with Crippen LogP contribution in [-0.4, -0.2) is 75.9 Å². The van der Waals surface area contributed by atoms with Gasteiger partial charge in [0, 0.05) is 32.6 Å². The number of anilines is 1. The van der Waals surface area contributed by atoms with Gasteiger partial charge in [-0.1, -0.05) is 12.1 Å². The predicted molar refractivity (Wildman–Crippen MR) is 91.7 cm³/mol. The molecule has 25 heavy (non-hydrogen) atoms. The van der Waals surface area contributed by atoms with E-state index in [-0.39, 0.29) is 6.42 Å². The van der Waals surface area contributed by atoms with Crippen molar-refractivity contribution in [2.24, 2.45) is 0 Å². The Kier molecular flexibility index (Phi) is 4.43. The first-order valence-corrected chi connectivity index (χ1v) is 8.57. The summed E-state index contributed by atoms with van der Waals surface area (Å²) in [5.41, 5.74) is 0.759. The highest BCUT2D eigenvalue weighted by atomic mass is 16.5. The third kappa shape index (κ3) is 3.13. The van der Waals surface area contributed by atoms with Crippen LogP contribution in [0.15, 0.2) is 24.3 Å². The van der Waals surface area contributed by atoms with Crippen LogP contribution in [-0.2, 0) is 0 Å². The molecule has 0 unspecified atom stereocenters. The first-order valence-electron chi connectivity index (χ1n) is 8.57. The average Bonchev–Trinajstić information content (AvgIpc) is 2.89. The lowest BCUT2D eigenvalue weighted by Crippen LogP contribution is -2.44. The molecule has 8 heteroatoms. The summed E-state index contributed by atoms with van der Waals surface area (Å²) in [7, 11) is 0. The first-order chi connectivity index (χ1) is 12.1. The van der Waals surface area contributed by atoms with Crippen LogP contribution in [0.3, 0.4) is 0 Å². The molecular weight excluding hydrogens is 324 g/mol. The standard InChI is InChI=1S/C17H22N4O4/c22-12-9-13(15(24)14(12)23)25-16-10-3-1-2-4-11(10)19-17(20-16)21-7-5-18-6-8-21/h1-4,12-15,18,22-24H,5-9H2/t12-,13+,14+,15-/m1/s1. The van der Waals surface area contributed by atoms with Gasteiger partial charge in [-0.25, -0.2) is 4.98 Å². The van der Waals surface area contributed by atoms with E-state index in [0.717, 1.165) is 37.1 Å². The quantitative estimate of drug-likeness (QED) is 0.576. The summed E-state index contributed by atoms with van der Waals surface area (Å²) in [6.07, 6.45) is -3.90. The van der Waals surface area contributed by atoms with Crippen molar-refractivity contribution in [2.75, 3.05) is 31.1 Å². The van der Waals surface area contributed by atoms with Crippen molar-refractivity contribution < 1.29 is 20.1 Å². The monoisotopic (exact) mass is 346 g/mol. The van der Waals surface area contributed by atoms with Gasteiger partial charge in [-0.15, -0.1) is 0 Å². The van der Waals surface area contributed by atoms with E-state index in [4.69, 9.17) is 4.74 Å². The van der Waals surface area contributed by atoms with E-state index in [1.165, 1.54) is 0 Å². The molecule has 1 aromatic heterocycles. The van der Waals surface area contributed by atoms with Crippen LogP contribution in [0.5, 0.6) is 5.88 Å². The van der Waals surface area contributed by atoms with Gasteiger partial charge in [-0.2, -0.15) is 4.98 Å². The number of aromatic nitrogens is 2. The molecule has 4 atom stereocenters. The van der Waals surface area contributed by atoms with Crippen LogP contribution in [0.4, 0.5) is 5.95 Å². The maximum atomic E-state index is 10.1. The van der Waals surface area contributed by atoms with Crippen LogP contribution in [0.1, 0.15) is 6.42 Å². The molecule has 1 saturated heterocycles. The number of hydrogen-bond donors (Lipinski definition) is 4. The highest BCUT2D eigenvalue weighted by Gasteiger charge is 2.42. The number of aliphatic hydroxyl groups excluding tert-OH is 3. The minimum absolute atomic E-state index is 0.156. The SMILES string of the molecule is O[C@@H]1[C@H](O)[C@@H](Oc2nc(N3CCNCC3)nc3ccccc23)C[C@H]1O. The zero-order chi connectivity index (χ0) is 17.4. The number of nitrogens with zero attached hydrogens (tertiary/aromatic N) is 3. The zero-order valence-corrected chi connectivity index (χ0v) is 13.7. The van der Waals surface area contributed by atoms with Crippen LogP contribution < -0.4 is 15.0 Å². The molecular formula is C17H22N4O4. The molecule has 2 fully saturated rings. The fraction of sp³-hybridized carbons (Fsp3) is 0.529. The fourth-order valence-corrected chi connectivity index (χ4v) is 3.36. The van der Waals surface area contributed by atoms with Crippen molar-refractivity contribution in [3.63, 3.8) is 0 Å². The van der Waals surface area contributed by atoms with Crippen molar-refractivity contribution in [2.45, 2.75) is 30.8 Å². The molecule has 2 heterocycles. The largest absolute Gasteiger partial charge is 0.471 e. The van der Waals surface area contributed by atoms with Gasteiger partial charge < -0.3 is 30.3 Å². The van der Waals surface area contributed by atoms with Gasteiger partial charge in [0.05, 0.1) is 17.0 Å². The second-order valence-electron chi connectivity index (χ2n) is 6.52. The Morgan fingerprint density at radius 1 is 1.04 bits per heavy atom. The lowest BCUT2D eigenvalue weighted by molar-refractivity contribution is -0.0370. The van der Waals surface area contributed by atoms with Crippen molar-refractivity contribution in [1.29, 1.82) is 0 Å². The molecule has 1 aliphatic carbocycles. The van der Waals surface area contributed by atoms with E-state index in [0.29, 0.717) is 11.8 Å². The number of nitrogens with one attached hydrogen (secondary N) is 1. The molecule has 4 N–H and O–H groups in total. The predicted octanol–water partition coefficient (Wildman–Crippen LogP) is -0.727. The van der Waals surface area contributed by atoms with Crippen molar-refractivity contribution >= 4 is 16.9 Å². The Morgan fingerprint density at radius 3 is 2.52 bits per heavy atom. The van der Waals surface area contributed by atoms with Crippen LogP contribution in [0.25, 0.3) is 10.9 Å². The van der Waals surface area contributed by atoms with Gasteiger partial charge in [-0.05, 0) is 12.1 Å². The first kappa shape index (κ1) is 16.5. The van der Waals surface area contributed by atoms with E-state index in [9.17, 15) is 15.3 Å². The second kappa shape index (κ2) is 6.72. The third-order valence-electron chi connectivity index (χ3n) is 4.82. The minimum Gasteiger partial charge on any atom is -0.471 e. The van der Waals surface area contributed by atoms with Crippen LogP contribution >= 0.6 is 0 Å². The number of benzene rings is 1. The summed E-state index contributed by atoms with van der Waals surface area (Å²) in [4.78, 5) is 11.3. The van der Waals surface area contributed by atoms with E-state index in [1.807, 2.05) is 24.3 Å². The smallest absolute Gasteiger partial charge is 0.229 e. The van der Waals surface area contributed by atoms with Gasteiger partial charge in [0.15, 0.2) is 0 Å².